The van der Waals surface area contributed by atoms with Gasteiger partial charge in [-0.2, -0.15) is 0 Å². The summed E-state index contributed by atoms with van der Waals surface area (Å²) in [4.78, 5) is 11.0. The highest BCUT2D eigenvalue weighted by molar-refractivity contribution is 5.72. The molecule has 1 aromatic carbocycles. The van der Waals surface area contributed by atoms with Crippen LogP contribution in [0.15, 0.2) is 24.3 Å². The minimum Gasteiger partial charge on any atom is -0.465 e. The van der Waals surface area contributed by atoms with E-state index in [1.807, 2.05) is 18.2 Å². The Hall–Kier alpha value is -2.19. The van der Waals surface area contributed by atoms with Crippen LogP contribution in [-0.4, -0.2) is 12.6 Å². The van der Waals surface area contributed by atoms with Crippen LogP contribution in [0.2, 0.25) is 0 Å². The average molecular weight is 212 g/mol. The number of hydrogen-bond acceptors (Lipinski definition) is 2. The van der Waals surface area contributed by atoms with Crippen LogP contribution in [0, 0.1) is 24.2 Å². The molecule has 80 valence electrons. The van der Waals surface area contributed by atoms with E-state index < -0.39 is 0 Å². The zero-order valence-electron chi connectivity index (χ0n) is 9.12. The van der Waals surface area contributed by atoms with Crippen LogP contribution in [0.5, 0.6) is 0 Å². The summed E-state index contributed by atoms with van der Waals surface area (Å²) in [5.41, 5.74) is 1.59. The molecule has 0 atom stereocenters. The second kappa shape index (κ2) is 6.32. The number of esters is 1. The summed E-state index contributed by atoms with van der Waals surface area (Å²) in [7, 11) is 0. The lowest BCUT2D eigenvalue weighted by Gasteiger charge is -1.95. The summed E-state index contributed by atoms with van der Waals surface area (Å²) in [5.74, 6) is 7.83. The van der Waals surface area contributed by atoms with Crippen LogP contribution in [0.25, 0.3) is 0 Å². The van der Waals surface area contributed by atoms with Crippen molar-refractivity contribution in [3.63, 3.8) is 0 Å². The number of rotatable bonds is 2. The molecule has 1 rings (SSSR count). The van der Waals surface area contributed by atoms with Crippen molar-refractivity contribution in [2.75, 3.05) is 6.61 Å². The van der Waals surface area contributed by atoms with E-state index in [1.54, 1.807) is 13.0 Å². The Bertz CT molecular complexity index is 469. The summed E-state index contributed by atoms with van der Waals surface area (Å²) in [5, 5.41) is 0. The van der Waals surface area contributed by atoms with Gasteiger partial charge >= 0.3 is 5.97 Å². The maximum absolute atomic E-state index is 11.0. The van der Waals surface area contributed by atoms with Crippen molar-refractivity contribution in [1.29, 1.82) is 0 Å². The van der Waals surface area contributed by atoms with E-state index in [-0.39, 0.29) is 12.4 Å². The second-order valence-electron chi connectivity index (χ2n) is 3.01. The van der Waals surface area contributed by atoms with E-state index in [0.717, 1.165) is 11.1 Å². The number of terminal acetylenes is 1. The first kappa shape index (κ1) is 11.9. The standard InChI is InChI=1S/C14H12O2/c1-3-12-7-5-8-13(11-12)9-6-10-14(15)16-4-2/h1,5,7-8,11H,4,10H2,2H3. The molecular weight excluding hydrogens is 200 g/mol. The molecule has 1 aromatic rings. The van der Waals surface area contributed by atoms with E-state index in [4.69, 9.17) is 11.2 Å². The Labute approximate surface area is 95.6 Å². The van der Waals surface area contributed by atoms with Gasteiger partial charge in [0.25, 0.3) is 0 Å². The van der Waals surface area contributed by atoms with Gasteiger partial charge in [-0.1, -0.05) is 23.8 Å². The first-order valence-electron chi connectivity index (χ1n) is 4.97. The zero-order chi connectivity index (χ0) is 11.8. The highest BCUT2D eigenvalue weighted by Crippen LogP contribution is 2.02. The summed E-state index contributed by atoms with van der Waals surface area (Å²) in [6, 6.07) is 7.32. The average Bonchev–Trinajstić information content (AvgIpc) is 2.30. The Balaban J connectivity index is 2.63. The summed E-state index contributed by atoms with van der Waals surface area (Å²) < 4.78 is 4.75. The molecule has 0 N–H and O–H groups in total. The fourth-order valence-corrected chi connectivity index (χ4v) is 1.12. The van der Waals surface area contributed by atoms with Crippen molar-refractivity contribution in [1.82, 2.24) is 0 Å². The van der Waals surface area contributed by atoms with Crippen molar-refractivity contribution in [2.45, 2.75) is 13.3 Å². The minimum atomic E-state index is -0.303. The third kappa shape index (κ3) is 3.90. The number of benzene rings is 1. The molecular formula is C14H12O2. The van der Waals surface area contributed by atoms with Crippen LogP contribution in [0.3, 0.4) is 0 Å². The van der Waals surface area contributed by atoms with Gasteiger partial charge in [0.15, 0.2) is 0 Å². The number of hydrogen-bond donors (Lipinski definition) is 0. The Morgan fingerprint density at radius 3 is 2.88 bits per heavy atom. The van der Waals surface area contributed by atoms with Crippen LogP contribution in [0.4, 0.5) is 0 Å². The lowest BCUT2D eigenvalue weighted by Crippen LogP contribution is -2.01. The zero-order valence-corrected chi connectivity index (χ0v) is 9.12. The van der Waals surface area contributed by atoms with Crippen molar-refractivity contribution < 1.29 is 9.53 Å². The third-order valence-electron chi connectivity index (χ3n) is 1.80. The largest absolute Gasteiger partial charge is 0.465 e. The predicted octanol–water partition coefficient (Wildman–Crippen LogP) is 1.97. The molecule has 0 aliphatic heterocycles. The van der Waals surface area contributed by atoms with E-state index in [2.05, 4.69) is 17.8 Å². The molecule has 0 aliphatic carbocycles. The molecule has 0 fully saturated rings. The normalized spacial score (nSPS) is 8.50. The molecule has 0 radical (unpaired) electrons. The Morgan fingerprint density at radius 2 is 2.19 bits per heavy atom. The van der Waals surface area contributed by atoms with Gasteiger partial charge in [0.2, 0.25) is 0 Å². The quantitative estimate of drug-likeness (QED) is 0.553. The molecule has 0 aliphatic rings. The molecule has 2 nitrogen and oxygen atoms in total. The topological polar surface area (TPSA) is 26.3 Å². The van der Waals surface area contributed by atoms with E-state index in [9.17, 15) is 4.79 Å². The minimum absolute atomic E-state index is 0.105. The van der Waals surface area contributed by atoms with E-state index >= 15 is 0 Å². The highest BCUT2D eigenvalue weighted by Gasteiger charge is 1.96. The molecule has 0 bridgehead atoms. The highest BCUT2D eigenvalue weighted by atomic mass is 16.5. The molecule has 2 heteroatoms. The molecule has 0 amide bonds. The van der Waals surface area contributed by atoms with Crippen molar-refractivity contribution in [3.05, 3.63) is 35.4 Å². The van der Waals surface area contributed by atoms with Crippen LogP contribution in [0.1, 0.15) is 24.5 Å². The fourth-order valence-electron chi connectivity index (χ4n) is 1.12. The van der Waals surface area contributed by atoms with Crippen molar-refractivity contribution >= 4 is 5.97 Å². The monoisotopic (exact) mass is 212 g/mol. The third-order valence-corrected chi connectivity index (χ3v) is 1.80. The van der Waals surface area contributed by atoms with Crippen molar-refractivity contribution in [2.24, 2.45) is 0 Å². The Morgan fingerprint density at radius 1 is 1.44 bits per heavy atom. The van der Waals surface area contributed by atoms with E-state index in [1.165, 1.54) is 0 Å². The number of ether oxygens (including phenoxy) is 1. The molecule has 0 spiro atoms. The molecule has 0 aromatic heterocycles. The van der Waals surface area contributed by atoms with Gasteiger partial charge in [-0.05, 0) is 25.1 Å². The first-order chi connectivity index (χ1) is 7.76. The lowest BCUT2D eigenvalue weighted by molar-refractivity contribution is -0.141. The van der Waals surface area contributed by atoms with Gasteiger partial charge in [0.1, 0.15) is 6.42 Å². The Kier molecular flexibility index (Phi) is 4.70. The van der Waals surface area contributed by atoms with Gasteiger partial charge in [0.05, 0.1) is 6.61 Å². The molecule has 0 saturated carbocycles. The maximum Gasteiger partial charge on any atom is 0.317 e. The van der Waals surface area contributed by atoms with Gasteiger partial charge in [-0.15, -0.1) is 6.42 Å². The number of carbonyl (C=O) groups excluding carboxylic acids is 1. The second-order valence-corrected chi connectivity index (χ2v) is 3.01. The van der Waals surface area contributed by atoms with Gasteiger partial charge in [-0.25, -0.2) is 0 Å². The van der Waals surface area contributed by atoms with Crippen LogP contribution >= 0.6 is 0 Å². The van der Waals surface area contributed by atoms with Gasteiger partial charge in [-0.3, -0.25) is 4.79 Å². The summed E-state index contributed by atoms with van der Waals surface area (Å²) in [6.45, 7) is 2.15. The lowest BCUT2D eigenvalue weighted by atomic mass is 10.1. The smallest absolute Gasteiger partial charge is 0.317 e. The van der Waals surface area contributed by atoms with Crippen LogP contribution < -0.4 is 0 Å². The molecule has 0 heterocycles. The first-order valence-corrected chi connectivity index (χ1v) is 4.97. The predicted molar refractivity (Wildman–Crippen MR) is 62.5 cm³/mol. The maximum atomic E-state index is 11.0. The molecule has 0 unspecified atom stereocenters. The van der Waals surface area contributed by atoms with E-state index in [0.29, 0.717) is 6.61 Å². The van der Waals surface area contributed by atoms with Crippen molar-refractivity contribution in [3.8, 4) is 24.2 Å². The van der Waals surface area contributed by atoms with Gasteiger partial charge < -0.3 is 4.74 Å². The van der Waals surface area contributed by atoms with Gasteiger partial charge in [0, 0.05) is 11.1 Å². The number of carbonyl (C=O) groups is 1. The SMILES string of the molecule is C#Cc1cccc(C#CCC(=O)OCC)c1. The fraction of sp³-hybridized carbons (Fsp3) is 0.214. The van der Waals surface area contributed by atoms with Crippen LogP contribution in [-0.2, 0) is 9.53 Å². The summed E-state index contributed by atoms with van der Waals surface area (Å²) in [6.07, 6.45) is 5.37. The molecule has 0 saturated heterocycles. The molecule has 16 heavy (non-hydrogen) atoms. The summed E-state index contributed by atoms with van der Waals surface area (Å²) >= 11 is 0.